The van der Waals surface area contributed by atoms with Crippen LogP contribution in [-0.2, 0) is 4.74 Å². The molecule has 0 radical (unpaired) electrons. The Morgan fingerprint density at radius 3 is 2.17 bits per heavy atom. The molecule has 0 bridgehead atoms. The smallest absolute Gasteiger partial charge is 0.376 e. The second kappa shape index (κ2) is 7.28. The van der Waals surface area contributed by atoms with Crippen LogP contribution in [0.1, 0.15) is 6.92 Å². The molecular weight excluding hydrogens is 247 g/mol. The summed E-state index contributed by atoms with van der Waals surface area (Å²) in [4.78, 5) is 3.55. The molecule has 1 rings (SSSR count). The molecule has 1 saturated heterocycles. The van der Waals surface area contributed by atoms with Crippen molar-refractivity contribution >= 4 is 0 Å². The van der Waals surface area contributed by atoms with Crippen LogP contribution in [0.15, 0.2) is 0 Å². The maximum absolute atomic E-state index is 12.2. The second-order valence-corrected chi connectivity index (χ2v) is 4.50. The van der Waals surface area contributed by atoms with Crippen LogP contribution in [0.4, 0.5) is 13.2 Å². The summed E-state index contributed by atoms with van der Waals surface area (Å²) in [5.41, 5.74) is 5.58. The maximum atomic E-state index is 12.2. The second-order valence-electron chi connectivity index (χ2n) is 4.50. The molecule has 1 unspecified atom stereocenters. The summed E-state index contributed by atoms with van der Waals surface area (Å²) < 4.78 is 42.1. The molecule has 0 amide bonds. The van der Waals surface area contributed by atoms with E-state index in [-0.39, 0.29) is 6.10 Å². The Bertz CT molecular complexity index is 230. The topological polar surface area (TPSA) is 41.7 Å². The van der Waals surface area contributed by atoms with Crippen LogP contribution >= 0.6 is 0 Å². The highest BCUT2D eigenvalue weighted by Crippen LogP contribution is 2.17. The van der Waals surface area contributed by atoms with Crippen molar-refractivity contribution in [2.45, 2.75) is 19.2 Å². The van der Waals surface area contributed by atoms with Gasteiger partial charge in [0.15, 0.2) is 0 Å². The fourth-order valence-electron chi connectivity index (χ4n) is 2.10. The molecule has 0 aromatic carbocycles. The van der Waals surface area contributed by atoms with Gasteiger partial charge in [-0.05, 0) is 6.92 Å². The summed E-state index contributed by atoms with van der Waals surface area (Å²) in [6.07, 6.45) is -4.13. The minimum absolute atomic E-state index is 0.0239. The standard InChI is InChI=1S/C11H22F3N3O/c1-2-18-10(7-15)8-16-3-5-17(6-4-16)9-11(12,13)14/h10H,2-9,15H2,1H3. The average Bonchev–Trinajstić information content (AvgIpc) is 2.29. The van der Waals surface area contributed by atoms with Crippen LogP contribution in [0.5, 0.6) is 0 Å². The number of nitrogens with two attached hydrogens (primary N) is 1. The number of piperazine rings is 1. The first-order valence-corrected chi connectivity index (χ1v) is 6.27. The summed E-state index contributed by atoms with van der Waals surface area (Å²) in [5, 5.41) is 0. The monoisotopic (exact) mass is 269 g/mol. The third kappa shape index (κ3) is 5.99. The third-order valence-corrected chi connectivity index (χ3v) is 2.99. The van der Waals surface area contributed by atoms with Crippen molar-refractivity contribution in [3.05, 3.63) is 0 Å². The van der Waals surface area contributed by atoms with Gasteiger partial charge in [-0.3, -0.25) is 9.80 Å². The average molecular weight is 269 g/mol. The molecule has 1 fully saturated rings. The highest BCUT2D eigenvalue weighted by Gasteiger charge is 2.32. The van der Waals surface area contributed by atoms with E-state index in [2.05, 4.69) is 4.90 Å². The van der Waals surface area contributed by atoms with E-state index in [0.717, 1.165) is 0 Å². The van der Waals surface area contributed by atoms with Gasteiger partial charge in [-0.1, -0.05) is 0 Å². The van der Waals surface area contributed by atoms with E-state index in [1.165, 1.54) is 4.90 Å². The molecule has 0 aromatic heterocycles. The lowest BCUT2D eigenvalue weighted by Gasteiger charge is -2.36. The van der Waals surface area contributed by atoms with Gasteiger partial charge in [-0.25, -0.2) is 0 Å². The van der Waals surface area contributed by atoms with E-state index in [1.807, 2.05) is 6.92 Å². The molecule has 0 saturated carbocycles. The lowest BCUT2D eigenvalue weighted by molar-refractivity contribution is -0.149. The number of nitrogens with zero attached hydrogens (tertiary/aromatic N) is 2. The number of hydrogen-bond donors (Lipinski definition) is 1. The predicted octanol–water partition coefficient (Wildman–Crippen LogP) is 0.530. The summed E-state index contributed by atoms with van der Waals surface area (Å²) >= 11 is 0. The zero-order chi connectivity index (χ0) is 13.6. The highest BCUT2D eigenvalue weighted by molar-refractivity contribution is 4.76. The molecule has 2 N–H and O–H groups in total. The van der Waals surface area contributed by atoms with E-state index >= 15 is 0 Å². The summed E-state index contributed by atoms with van der Waals surface area (Å²) in [5.74, 6) is 0. The fraction of sp³-hybridized carbons (Fsp3) is 1.00. The molecule has 1 heterocycles. The minimum Gasteiger partial charge on any atom is -0.376 e. The quantitative estimate of drug-likeness (QED) is 0.764. The third-order valence-electron chi connectivity index (χ3n) is 2.99. The van der Waals surface area contributed by atoms with Crippen molar-refractivity contribution in [2.24, 2.45) is 5.73 Å². The number of rotatable bonds is 6. The van der Waals surface area contributed by atoms with Crippen LogP contribution in [0.3, 0.4) is 0 Å². The molecule has 7 heteroatoms. The normalized spacial score (nSPS) is 21.2. The zero-order valence-electron chi connectivity index (χ0n) is 10.7. The van der Waals surface area contributed by atoms with Crippen molar-refractivity contribution in [2.75, 3.05) is 52.4 Å². The molecule has 108 valence electrons. The Morgan fingerprint density at radius 2 is 1.72 bits per heavy atom. The van der Waals surface area contributed by atoms with E-state index < -0.39 is 12.7 Å². The molecule has 18 heavy (non-hydrogen) atoms. The van der Waals surface area contributed by atoms with Crippen LogP contribution in [0, 0.1) is 0 Å². The van der Waals surface area contributed by atoms with Crippen LogP contribution in [0.2, 0.25) is 0 Å². The number of alkyl halides is 3. The SMILES string of the molecule is CCOC(CN)CN1CCN(CC(F)(F)F)CC1. The molecular formula is C11H22F3N3O. The van der Waals surface area contributed by atoms with E-state index in [9.17, 15) is 13.2 Å². The highest BCUT2D eigenvalue weighted by atomic mass is 19.4. The predicted molar refractivity (Wildman–Crippen MR) is 63.4 cm³/mol. The van der Waals surface area contributed by atoms with Crippen molar-refractivity contribution in [1.29, 1.82) is 0 Å². The molecule has 0 aliphatic carbocycles. The van der Waals surface area contributed by atoms with Crippen LogP contribution < -0.4 is 5.73 Å². The van der Waals surface area contributed by atoms with Gasteiger partial charge in [-0.15, -0.1) is 0 Å². The first kappa shape index (κ1) is 15.7. The summed E-state index contributed by atoms with van der Waals surface area (Å²) in [7, 11) is 0. The van der Waals surface area contributed by atoms with Gasteiger partial charge in [0.2, 0.25) is 0 Å². The zero-order valence-corrected chi connectivity index (χ0v) is 10.7. The largest absolute Gasteiger partial charge is 0.401 e. The molecule has 1 atom stereocenters. The van der Waals surface area contributed by atoms with E-state index in [1.54, 1.807) is 0 Å². The van der Waals surface area contributed by atoms with Crippen molar-refractivity contribution in [3.63, 3.8) is 0 Å². The van der Waals surface area contributed by atoms with Crippen LogP contribution in [0.25, 0.3) is 0 Å². The number of halogens is 3. The Labute approximate surface area is 106 Å². The van der Waals surface area contributed by atoms with Crippen LogP contribution in [-0.4, -0.2) is 74.5 Å². The van der Waals surface area contributed by atoms with Gasteiger partial charge in [0, 0.05) is 45.9 Å². The first-order chi connectivity index (χ1) is 8.44. The number of ether oxygens (including phenoxy) is 1. The van der Waals surface area contributed by atoms with Gasteiger partial charge < -0.3 is 10.5 Å². The Balaban J connectivity index is 2.26. The van der Waals surface area contributed by atoms with Gasteiger partial charge >= 0.3 is 6.18 Å². The lowest BCUT2D eigenvalue weighted by atomic mass is 10.2. The first-order valence-electron chi connectivity index (χ1n) is 6.27. The van der Waals surface area contributed by atoms with Gasteiger partial charge in [-0.2, -0.15) is 13.2 Å². The summed E-state index contributed by atoms with van der Waals surface area (Å²) in [6, 6.07) is 0. The van der Waals surface area contributed by atoms with Crippen molar-refractivity contribution in [1.82, 2.24) is 9.80 Å². The van der Waals surface area contributed by atoms with Gasteiger partial charge in [0.25, 0.3) is 0 Å². The maximum Gasteiger partial charge on any atom is 0.401 e. The Morgan fingerprint density at radius 1 is 1.17 bits per heavy atom. The van der Waals surface area contributed by atoms with Crippen molar-refractivity contribution in [3.8, 4) is 0 Å². The van der Waals surface area contributed by atoms with Gasteiger partial charge in [0.1, 0.15) is 0 Å². The van der Waals surface area contributed by atoms with E-state index in [4.69, 9.17) is 10.5 Å². The van der Waals surface area contributed by atoms with Gasteiger partial charge in [0.05, 0.1) is 12.6 Å². The molecule has 0 spiro atoms. The minimum atomic E-state index is -4.10. The fourth-order valence-corrected chi connectivity index (χ4v) is 2.10. The number of hydrogen-bond acceptors (Lipinski definition) is 4. The summed E-state index contributed by atoms with van der Waals surface area (Å²) in [6.45, 7) is 5.01. The molecule has 1 aliphatic heterocycles. The van der Waals surface area contributed by atoms with Crippen molar-refractivity contribution < 1.29 is 17.9 Å². The lowest BCUT2D eigenvalue weighted by Crippen LogP contribution is -2.51. The van der Waals surface area contributed by atoms with E-state index in [0.29, 0.717) is 45.9 Å². The Kier molecular flexibility index (Phi) is 6.34. The molecule has 4 nitrogen and oxygen atoms in total. The molecule has 1 aliphatic rings. The molecule has 0 aromatic rings. The Hall–Kier alpha value is -0.370.